The molecule has 0 bridgehead atoms. The van der Waals surface area contributed by atoms with Crippen molar-refractivity contribution in [1.82, 2.24) is 4.57 Å². The molecule has 3 nitrogen and oxygen atoms in total. The molecule has 50 heavy (non-hydrogen) atoms. The maximum absolute atomic E-state index is 6.49. The molecular formula is C46H37BN2O. The van der Waals surface area contributed by atoms with Gasteiger partial charge >= 0.3 is 0 Å². The second-order valence-electron chi connectivity index (χ2n) is 16.2. The first kappa shape index (κ1) is 28.4. The summed E-state index contributed by atoms with van der Waals surface area (Å²) in [4.78, 5) is 2.56. The van der Waals surface area contributed by atoms with Crippen LogP contribution in [0.4, 0.5) is 17.1 Å². The van der Waals surface area contributed by atoms with Gasteiger partial charge in [-0.2, -0.15) is 0 Å². The van der Waals surface area contributed by atoms with Gasteiger partial charge in [-0.15, -0.1) is 0 Å². The van der Waals surface area contributed by atoms with Crippen molar-refractivity contribution in [3.8, 4) is 16.8 Å². The minimum atomic E-state index is -0.152. The highest BCUT2D eigenvalue weighted by atomic mass is 16.3. The lowest BCUT2D eigenvalue weighted by Gasteiger charge is -2.42. The zero-order chi connectivity index (χ0) is 33.8. The molecule has 0 fully saturated rings. The van der Waals surface area contributed by atoms with Crippen LogP contribution in [0, 0.1) is 6.92 Å². The number of furan rings is 1. The number of hydrogen-bond donors (Lipinski definition) is 0. The number of para-hydroxylation sites is 2. The predicted molar refractivity (Wildman–Crippen MR) is 211 cm³/mol. The SMILES string of the molecule is Cc1cc2c3c(c1)-n1c4c(c5cccc(c51)B3c1ccc(C(C)(C)C)cc1N2c1cccc2oc3ccccc3c12)-c1ccccc1C4(C)C. The Labute approximate surface area is 292 Å². The highest BCUT2D eigenvalue weighted by Gasteiger charge is 2.47. The van der Waals surface area contributed by atoms with Crippen molar-refractivity contribution in [3.05, 3.63) is 138 Å². The van der Waals surface area contributed by atoms with Crippen molar-refractivity contribution < 1.29 is 4.42 Å². The molecule has 11 rings (SSSR count). The molecule has 0 atom stereocenters. The maximum Gasteiger partial charge on any atom is 0.252 e. The van der Waals surface area contributed by atoms with Gasteiger partial charge in [0.2, 0.25) is 0 Å². The van der Waals surface area contributed by atoms with Crippen molar-refractivity contribution in [3.63, 3.8) is 0 Å². The fourth-order valence-corrected chi connectivity index (χ4v) is 9.76. The Bertz CT molecular complexity index is 2810. The van der Waals surface area contributed by atoms with E-state index in [-0.39, 0.29) is 17.5 Å². The van der Waals surface area contributed by atoms with Gasteiger partial charge in [-0.3, -0.25) is 0 Å². The fourth-order valence-electron chi connectivity index (χ4n) is 9.76. The topological polar surface area (TPSA) is 21.3 Å². The monoisotopic (exact) mass is 644 g/mol. The van der Waals surface area contributed by atoms with Crippen molar-refractivity contribution >= 4 is 73.0 Å². The lowest BCUT2D eigenvalue weighted by Crippen LogP contribution is -2.60. The van der Waals surface area contributed by atoms with Crippen LogP contribution in [-0.2, 0) is 10.8 Å². The largest absolute Gasteiger partial charge is 0.456 e. The van der Waals surface area contributed by atoms with Crippen molar-refractivity contribution in [1.29, 1.82) is 0 Å². The highest BCUT2D eigenvalue weighted by Crippen LogP contribution is 2.54. The summed E-state index contributed by atoms with van der Waals surface area (Å²) in [5.41, 5.74) is 20.2. The van der Waals surface area contributed by atoms with Crippen LogP contribution in [0.2, 0.25) is 0 Å². The number of benzene rings is 6. The van der Waals surface area contributed by atoms with Crippen molar-refractivity contribution in [2.75, 3.05) is 4.90 Å². The Hall–Kier alpha value is -5.48. The van der Waals surface area contributed by atoms with E-state index in [1.54, 1.807) is 0 Å². The van der Waals surface area contributed by atoms with E-state index < -0.39 is 0 Å². The number of nitrogens with zero attached hydrogens (tertiary/aromatic N) is 2. The van der Waals surface area contributed by atoms with Crippen LogP contribution in [-0.4, -0.2) is 11.3 Å². The molecule has 3 aliphatic rings. The average Bonchev–Trinajstić information content (AvgIpc) is 3.73. The van der Waals surface area contributed by atoms with Crippen LogP contribution in [0.1, 0.15) is 57.0 Å². The van der Waals surface area contributed by atoms with E-state index in [4.69, 9.17) is 4.42 Å². The van der Waals surface area contributed by atoms with Gasteiger partial charge in [0.1, 0.15) is 11.2 Å². The van der Waals surface area contributed by atoms with E-state index in [9.17, 15) is 0 Å². The van der Waals surface area contributed by atoms with Crippen LogP contribution in [0.5, 0.6) is 0 Å². The Balaban J connectivity index is 1.31. The van der Waals surface area contributed by atoms with Crippen LogP contribution in [0.25, 0.3) is 49.7 Å². The third kappa shape index (κ3) is 3.37. The predicted octanol–water partition coefficient (Wildman–Crippen LogP) is 10.1. The van der Waals surface area contributed by atoms with Crippen molar-refractivity contribution in [2.45, 2.75) is 52.4 Å². The molecule has 0 unspecified atom stereocenters. The molecule has 4 heteroatoms. The molecule has 6 aromatic carbocycles. The number of hydrogen-bond acceptors (Lipinski definition) is 2. The molecule has 0 amide bonds. The molecule has 4 heterocycles. The molecule has 0 spiro atoms. The van der Waals surface area contributed by atoms with Gasteiger partial charge in [-0.05, 0) is 87.4 Å². The number of aromatic nitrogens is 1. The first-order valence-electron chi connectivity index (χ1n) is 17.9. The third-order valence-corrected chi connectivity index (χ3v) is 11.9. The average molecular weight is 645 g/mol. The summed E-state index contributed by atoms with van der Waals surface area (Å²) in [6, 6.07) is 43.3. The van der Waals surface area contributed by atoms with Crippen LogP contribution in [0.15, 0.2) is 120 Å². The van der Waals surface area contributed by atoms with Gasteiger partial charge in [-0.1, -0.05) is 113 Å². The van der Waals surface area contributed by atoms with Gasteiger partial charge in [0.15, 0.2) is 0 Å². The Morgan fingerprint density at radius 2 is 1.40 bits per heavy atom. The van der Waals surface area contributed by atoms with E-state index >= 15 is 0 Å². The zero-order valence-electron chi connectivity index (χ0n) is 29.3. The highest BCUT2D eigenvalue weighted by molar-refractivity contribution is 7.00. The summed E-state index contributed by atoms with van der Waals surface area (Å²) in [7, 11) is 0. The minimum absolute atomic E-state index is 0.00581. The van der Waals surface area contributed by atoms with Gasteiger partial charge in [0, 0.05) is 50.0 Å². The minimum Gasteiger partial charge on any atom is -0.456 e. The third-order valence-electron chi connectivity index (χ3n) is 11.9. The molecule has 240 valence electrons. The molecular weight excluding hydrogens is 607 g/mol. The summed E-state index contributed by atoms with van der Waals surface area (Å²) in [5, 5.41) is 3.65. The summed E-state index contributed by atoms with van der Waals surface area (Å²) >= 11 is 0. The Morgan fingerprint density at radius 1 is 0.660 bits per heavy atom. The van der Waals surface area contributed by atoms with E-state index in [1.807, 2.05) is 0 Å². The zero-order valence-corrected chi connectivity index (χ0v) is 29.3. The van der Waals surface area contributed by atoms with Crippen LogP contribution < -0.4 is 21.3 Å². The number of rotatable bonds is 1. The van der Waals surface area contributed by atoms with Gasteiger partial charge in [-0.25, -0.2) is 0 Å². The van der Waals surface area contributed by atoms with E-state index in [0.29, 0.717) is 0 Å². The van der Waals surface area contributed by atoms with E-state index in [0.717, 1.165) is 27.6 Å². The quantitative estimate of drug-likeness (QED) is 0.166. The lowest BCUT2D eigenvalue weighted by molar-refractivity contribution is 0.590. The first-order valence-corrected chi connectivity index (χ1v) is 17.9. The standard InChI is InChI=1S/C46H37BN2O/c1-26-23-36-42-37(24-26)49-43-30(40-28-13-7-9-16-31(28)46(5,6)44(40)49)15-11-17-33(43)47(42)32-22-21-27(45(2,3)4)25-35(32)48(36)34-18-12-20-39-41(34)29-14-8-10-19-38(29)50-39/h7-25H,1-6H3. The van der Waals surface area contributed by atoms with E-state index in [1.165, 1.54) is 77.9 Å². The summed E-state index contributed by atoms with van der Waals surface area (Å²) in [6.07, 6.45) is 0. The smallest absolute Gasteiger partial charge is 0.252 e. The van der Waals surface area contributed by atoms with Crippen LogP contribution >= 0.6 is 0 Å². The lowest BCUT2D eigenvalue weighted by atomic mass is 9.33. The molecule has 0 saturated heterocycles. The number of fused-ring (bicyclic) bond motifs is 12. The van der Waals surface area contributed by atoms with Gasteiger partial charge in [0.05, 0.1) is 11.1 Å². The molecule has 0 radical (unpaired) electrons. The molecule has 8 aromatic rings. The number of anilines is 3. The molecule has 2 aromatic heterocycles. The second kappa shape index (κ2) is 9.19. The summed E-state index contributed by atoms with van der Waals surface area (Å²) < 4.78 is 9.14. The van der Waals surface area contributed by atoms with E-state index in [2.05, 4.69) is 166 Å². The number of aryl methyl sites for hydroxylation is 1. The first-order chi connectivity index (χ1) is 24.1. The molecule has 0 N–H and O–H groups in total. The molecule has 0 saturated carbocycles. The normalized spacial score (nSPS) is 15.1. The fraction of sp³-hybridized carbons (Fsp3) is 0.174. The van der Waals surface area contributed by atoms with Crippen molar-refractivity contribution in [2.24, 2.45) is 0 Å². The molecule has 2 aliphatic heterocycles. The Kier molecular flexibility index (Phi) is 5.22. The Morgan fingerprint density at radius 3 is 2.26 bits per heavy atom. The second-order valence-corrected chi connectivity index (χ2v) is 16.2. The van der Waals surface area contributed by atoms with Crippen LogP contribution in [0.3, 0.4) is 0 Å². The van der Waals surface area contributed by atoms with Gasteiger partial charge in [0.25, 0.3) is 6.71 Å². The summed E-state index contributed by atoms with van der Waals surface area (Å²) in [6.45, 7) is 14.1. The molecule has 1 aliphatic carbocycles. The summed E-state index contributed by atoms with van der Waals surface area (Å²) in [5.74, 6) is 0. The maximum atomic E-state index is 6.49. The van der Waals surface area contributed by atoms with Gasteiger partial charge < -0.3 is 13.9 Å².